The summed E-state index contributed by atoms with van der Waals surface area (Å²) in [5.74, 6) is -0.731. The fourth-order valence-electron chi connectivity index (χ4n) is 3.17. The Morgan fingerprint density at radius 1 is 0.864 bits per heavy atom. The summed E-state index contributed by atoms with van der Waals surface area (Å²) in [5, 5.41) is 0. The third kappa shape index (κ3) is 2.50. The van der Waals surface area contributed by atoms with Gasteiger partial charge in [-0.3, -0.25) is 0 Å². The molecule has 0 N–H and O–H groups in total. The van der Waals surface area contributed by atoms with E-state index >= 15 is 0 Å². The molecule has 0 nitrogen and oxygen atoms in total. The van der Waals surface area contributed by atoms with Crippen LogP contribution in [0.1, 0.15) is 37.3 Å². The first-order valence-corrected chi connectivity index (χ1v) is 7.46. The largest absolute Gasteiger partial charge is 0.207 e. The van der Waals surface area contributed by atoms with Gasteiger partial charge in [-0.2, -0.15) is 0 Å². The summed E-state index contributed by atoms with van der Waals surface area (Å²) in [6.45, 7) is 3.57. The summed E-state index contributed by atoms with van der Waals surface area (Å²) in [6, 6.07) is 16.4. The quantitative estimate of drug-likeness (QED) is 0.634. The van der Waals surface area contributed by atoms with Crippen molar-refractivity contribution in [2.24, 2.45) is 0 Å². The van der Waals surface area contributed by atoms with Crippen LogP contribution in [0.2, 0.25) is 0 Å². The first-order valence-electron chi connectivity index (χ1n) is 7.46. The molecule has 2 aromatic carbocycles. The van der Waals surface area contributed by atoms with E-state index < -0.39 is 0 Å². The maximum absolute atomic E-state index is 14.7. The molecule has 112 valence electrons. The summed E-state index contributed by atoms with van der Waals surface area (Å²) in [4.78, 5) is 0. The zero-order chi connectivity index (χ0) is 15.7. The zero-order valence-electron chi connectivity index (χ0n) is 12.7. The van der Waals surface area contributed by atoms with Crippen LogP contribution in [0.4, 0.5) is 8.78 Å². The molecule has 1 aliphatic rings. The summed E-state index contributed by atoms with van der Waals surface area (Å²) < 4.78 is 28.8. The molecular weight excluding hydrogens is 278 g/mol. The average Bonchev–Trinajstić information content (AvgIpc) is 2.55. The van der Waals surface area contributed by atoms with Gasteiger partial charge in [-0.15, -0.1) is 0 Å². The number of hydrogen-bond acceptors (Lipinski definition) is 0. The molecule has 0 bridgehead atoms. The highest BCUT2D eigenvalue weighted by molar-refractivity contribution is 5.74. The van der Waals surface area contributed by atoms with Crippen molar-refractivity contribution < 1.29 is 8.78 Å². The SMILES string of the molecule is CC1=C(c2ccccc2)CC(c2ccccc2F)C(C)=C1F. The number of rotatable bonds is 2. The van der Waals surface area contributed by atoms with Crippen molar-refractivity contribution in [2.75, 3.05) is 0 Å². The average molecular weight is 296 g/mol. The van der Waals surface area contributed by atoms with Gasteiger partial charge >= 0.3 is 0 Å². The highest BCUT2D eigenvalue weighted by Gasteiger charge is 2.28. The second-order valence-corrected chi connectivity index (χ2v) is 5.74. The summed E-state index contributed by atoms with van der Waals surface area (Å²) in [7, 11) is 0. The van der Waals surface area contributed by atoms with E-state index in [2.05, 4.69) is 0 Å². The Labute approximate surface area is 129 Å². The maximum Gasteiger partial charge on any atom is 0.127 e. The highest BCUT2D eigenvalue weighted by Crippen LogP contribution is 2.44. The standard InChI is InChI=1S/C20H18F2/c1-13-17(15-8-4-3-5-9-15)12-18(14(2)20(13)22)16-10-6-7-11-19(16)21/h3-11,18H,12H2,1-2H3. The van der Waals surface area contributed by atoms with Crippen molar-refractivity contribution in [3.63, 3.8) is 0 Å². The van der Waals surface area contributed by atoms with Crippen molar-refractivity contribution in [3.05, 3.63) is 88.5 Å². The molecule has 22 heavy (non-hydrogen) atoms. The van der Waals surface area contributed by atoms with Crippen LogP contribution in [-0.4, -0.2) is 0 Å². The third-order valence-electron chi connectivity index (χ3n) is 4.46. The van der Waals surface area contributed by atoms with Crippen LogP contribution in [0.3, 0.4) is 0 Å². The molecule has 0 fully saturated rings. The molecule has 2 aromatic rings. The van der Waals surface area contributed by atoms with Crippen molar-refractivity contribution >= 4 is 5.57 Å². The van der Waals surface area contributed by atoms with Crippen LogP contribution >= 0.6 is 0 Å². The molecule has 0 saturated heterocycles. The van der Waals surface area contributed by atoms with E-state index in [1.165, 1.54) is 6.07 Å². The molecule has 0 saturated carbocycles. The monoisotopic (exact) mass is 296 g/mol. The van der Waals surface area contributed by atoms with Gasteiger partial charge in [0.25, 0.3) is 0 Å². The molecule has 0 amide bonds. The first-order chi connectivity index (χ1) is 10.6. The normalized spacial score (nSPS) is 18.8. The van der Waals surface area contributed by atoms with E-state index in [1.807, 2.05) is 30.3 Å². The van der Waals surface area contributed by atoms with E-state index in [-0.39, 0.29) is 17.6 Å². The topological polar surface area (TPSA) is 0 Å². The Kier molecular flexibility index (Phi) is 3.93. The Morgan fingerprint density at radius 2 is 1.50 bits per heavy atom. The minimum Gasteiger partial charge on any atom is -0.207 e. The Hall–Kier alpha value is -2.22. The molecule has 1 atom stereocenters. The number of benzene rings is 2. The van der Waals surface area contributed by atoms with Gasteiger partial charge in [-0.1, -0.05) is 48.5 Å². The summed E-state index contributed by atoms with van der Waals surface area (Å²) in [6.07, 6.45) is 0.621. The number of allylic oxidation sites excluding steroid dienone is 4. The van der Waals surface area contributed by atoms with Crippen molar-refractivity contribution in [1.82, 2.24) is 0 Å². The molecule has 0 spiro atoms. The van der Waals surface area contributed by atoms with Crippen molar-refractivity contribution in [1.29, 1.82) is 0 Å². The van der Waals surface area contributed by atoms with Crippen LogP contribution in [-0.2, 0) is 0 Å². The highest BCUT2D eigenvalue weighted by atomic mass is 19.1. The van der Waals surface area contributed by atoms with Gasteiger partial charge in [-0.05, 0) is 54.2 Å². The minimum absolute atomic E-state index is 0.210. The van der Waals surface area contributed by atoms with Crippen molar-refractivity contribution in [2.45, 2.75) is 26.2 Å². The molecule has 0 heterocycles. The molecule has 0 aliphatic heterocycles. The molecule has 2 heteroatoms. The van der Waals surface area contributed by atoms with Crippen LogP contribution < -0.4 is 0 Å². The van der Waals surface area contributed by atoms with E-state index in [4.69, 9.17) is 0 Å². The van der Waals surface area contributed by atoms with Gasteiger partial charge < -0.3 is 0 Å². The lowest BCUT2D eigenvalue weighted by molar-refractivity contribution is 0.572. The van der Waals surface area contributed by atoms with Crippen LogP contribution in [0.25, 0.3) is 5.57 Å². The summed E-state index contributed by atoms with van der Waals surface area (Å²) >= 11 is 0. The van der Waals surface area contributed by atoms with E-state index in [0.717, 1.165) is 11.1 Å². The Bertz CT molecular complexity index is 754. The van der Waals surface area contributed by atoms with Gasteiger partial charge in [-0.25, -0.2) is 8.78 Å². The minimum atomic E-state index is -0.272. The lowest BCUT2D eigenvalue weighted by atomic mass is 9.77. The predicted molar refractivity (Wildman–Crippen MR) is 86.6 cm³/mol. The van der Waals surface area contributed by atoms with Gasteiger partial charge in [0.15, 0.2) is 0 Å². The van der Waals surface area contributed by atoms with Crippen LogP contribution in [0.5, 0.6) is 0 Å². The summed E-state index contributed by atoms with van der Waals surface area (Å²) in [5.41, 5.74) is 3.80. The zero-order valence-corrected chi connectivity index (χ0v) is 12.7. The molecule has 3 rings (SSSR count). The smallest absolute Gasteiger partial charge is 0.127 e. The molecule has 1 unspecified atom stereocenters. The number of hydrogen-bond donors (Lipinski definition) is 0. The molecule has 0 aromatic heterocycles. The Balaban J connectivity index is 2.10. The van der Waals surface area contributed by atoms with E-state index in [1.54, 1.807) is 32.0 Å². The Morgan fingerprint density at radius 3 is 2.18 bits per heavy atom. The lowest BCUT2D eigenvalue weighted by Crippen LogP contribution is -2.11. The van der Waals surface area contributed by atoms with Gasteiger partial charge in [0.2, 0.25) is 0 Å². The molecule has 0 radical (unpaired) electrons. The van der Waals surface area contributed by atoms with Crippen molar-refractivity contribution in [3.8, 4) is 0 Å². The molecule has 1 aliphatic carbocycles. The number of halogens is 2. The van der Waals surface area contributed by atoms with Gasteiger partial charge in [0, 0.05) is 5.92 Å². The fraction of sp³-hybridized carbons (Fsp3) is 0.200. The lowest BCUT2D eigenvalue weighted by Gasteiger charge is -2.27. The van der Waals surface area contributed by atoms with Gasteiger partial charge in [0.1, 0.15) is 11.6 Å². The second-order valence-electron chi connectivity index (χ2n) is 5.74. The predicted octanol–water partition coefficient (Wildman–Crippen LogP) is 6.03. The van der Waals surface area contributed by atoms with Gasteiger partial charge in [0.05, 0.1) is 0 Å². The van der Waals surface area contributed by atoms with Crippen LogP contribution in [0, 0.1) is 5.82 Å². The first kappa shape index (κ1) is 14.7. The van der Waals surface area contributed by atoms with Crippen LogP contribution in [0.15, 0.2) is 71.6 Å². The fourth-order valence-corrected chi connectivity index (χ4v) is 3.17. The third-order valence-corrected chi connectivity index (χ3v) is 4.46. The van der Waals surface area contributed by atoms with E-state index in [0.29, 0.717) is 23.1 Å². The second kappa shape index (κ2) is 5.88. The van der Waals surface area contributed by atoms with E-state index in [9.17, 15) is 8.78 Å². The molecular formula is C20H18F2. The maximum atomic E-state index is 14.7.